The van der Waals surface area contributed by atoms with Crippen molar-refractivity contribution in [2.24, 2.45) is 23.2 Å². The van der Waals surface area contributed by atoms with Crippen molar-refractivity contribution in [1.29, 1.82) is 0 Å². The lowest BCUT2D eigenvalue weighted by atomic mass is 9.47. The highest BCUT2D eigenvalue weighted by atomic mass is 16.4. The zero-order valence-corrected chi connectivity index (χ0v) is 11.6. The summed E-state index contributed by atoms with van der Waals surface area (Å²) >= 11 is 0. The maximum Gasteiger partial charge on any atom is 0.305 e. The van der Waals surface area contributed by atoms with Crippen LogP contribution in [0.2, 0.25) is 0 Å². The van der Waals surface area contributed by atoms with Crippen molar-refractivity contribution in [2.45, 2.75) is 51.0 Å². The predicted molar refractivity (Wildman–Crippen MR) is 71.9 cm³/mol. The molecule has 0 amide bonds. The van der Waals surface area contributed by atoms with E-state index in [1.54, 1.807) is 12.7 Å². The Kier molecular flexibility index (Phi) is 2.66. The van der Waals surface area contributed by atoms with E-state index in [-0.39, 0.29) is 17.9 Å². The first-order valence-corrected chi connectivity index (χ1v) is 7.70. The first-order chi connectivity index (χ1) is 9.64. The largest absolute Gasteiger partial charge is 0.481 e. The van der Waals surface area contributed by atoms with E-state index in [1.165, 1.54) is 38.5 Å². The molecule has 4 bridgehead atoms. The van der Waals surface area contributed by atoms with Crippen LogP contribution in [0.1, 0.15) is 51.0 Å². The van der Waals surface area contributed by atoms with Crippen molar-refractivity contribution >= 4 is 5.97 Å². The average Bonchev–Trinajstić information content (AvgIpc) is 2.87. The van der Waals surface area contributed by atoms with E-state index in [4.69, 9.17) is 0 Å². The standard InChI is InChI=1S/C15H21N3O2/c19-14(20)4-13(18-8-16-17-9-18)15-5-10-1-11(6-15)3-12(2-10)7-15/h8-13H,1-7H2,(H,19,20). The van der Waals surface area contributed by atoms with E-state index in [2.05, 4.69) is 10.2 Å². The molecule has 1 aromatic heterocycles. The van der Waals surface area contributed by atoms with Crippen LogP contribution in [0.5, 0.6) is 0 Å². The van der Waals surface area contributed by atoms with Crippen molar-refractivity contribution in [2.75, 3.05) is 0 Å². The Hall–Kier alpha value is -1.39. The van der Waals surface area contributed by atoms with Crippen molar-refractivity contribution in [3.63, 3.8) is 0 Å². The minimum Gasteiger partial charge on any atom is -0.481 e. The van der Waals surface area contributed by atoms with Gasteiger partial charge in [0.25, 0.3) is 0 Å². The molecule has 0 radical (unpaired) electrons. The van der Waals surface area contributed by atoms with E-state index < -0.39 is 5.97 Å². The number of nitrogens with zero attached hydrogens (tertiary/aromatic N) is 3. The van der Waals surface area contributed by atoms with E-state index in [9.17, 15) is 9.90 Å². The van der Waals surface area contributed by atoms with Crippen molar-refractivity contribution in [3.05, 3.63) is 12.7 Å². The summed E-state index contributed by atoms with van der Waals surface area (Å²) in [4.78, 5) is 11.3. The molecular formula is C15H21N3O2. The Morgan fingerprint density at radius 3 is 2.10 bits per heavy atom. The summed E-state index contributed by atoms with van der Waals surface area (Å²) in [6, 6.07) is 0.0309. The Labute approximate surface area is 118 Å². The van der Waals surface area contributed by atoms with E-state index >= 15 is 0 Å². The summed E-state index contributed by atoms with van der Waals surface area (Å²) in [5, 5.41) is 17.1. The maximum atomic E-state index is 11.3. The molecule has 4 saturated carbocycles. The number of rotatable bonds is 4. The van der Waals surface area contributed by atoms with Crippen LogP contribution in [0.25, 0.3) is 0 Å². The predicted octanol–water partition coefficient (Wildman–Crippen LogP) is 2.51. The molecule has 1 atom stereocenters. The van der Waals surface area contributed by atoms with E-state index in [1.807, 2.05) is 4.57 Å². The van der Waals surface area contributed by atoms with Gasteiger partial charge < -0.3 is 9.67 Å². The minimum atomic E-state index is -0.709. The van der Waals surface area contributed by atoms with Crippen LogP contribution >= 0.6 is 0 Å². The molecule has 5 heteroatoms. The average molecular weight is 275 g/mol. The van der Waals surface area contributed by atoms with Crippen molar-refractivity contribution in [1.82, 2.24) is 14.8 Å². The molecule has 1 heterocycles. The molecule has 1 aromatic rings. The van der Waals surface area contributed by atoms with Crippen LogP contribution in [-0.4, -0.2) is 25.8 Å². The van der Waals surface area contributed by atoms with Gasteiger partial charge in [0.1, 0.15) is 12.7 Å². The molecule has 108 valence electrons. The molecule has 4 fully saturated rings. The van der Waals surface area contributed by atoms with E-state index in [0.29, 0.717) is 0 Å². The number of hydrogen-bond donors (Lipinski definition) is 1. The maximum absolute atomic E-state index is 11.3. The van der Waals surface area contributed by atoms with Gasteiger partial charge in [0.05, 0.1) is 12.5 Å². The Bertz CT molecular complexity index is 476. The zero-order chi connectivity index (χ0) is 13.7. The van der Waals surface area contributed by atoms with Gasteiger partial charge in [0, 0.05) is 0 Å². The molecule has 0 saturated heterocycles. The monoisotopic (exact) mass is 275 g/mol. The summed E-state index contributed by atoms with van der Waals surface area (Å²) in [6.45, 7) is 0. The molecule has 5 nitrogen and oxygen atoms in total. The first-order valence-electron chi connectivity index (χ1n) is 7.70. The van der Waals surface area contributed by atoms with Gasteiger partial charge in [-0.05, 0) is 61.7 Å². The number of carbonyl (C=O) groups is 1. The summed E-state index contributed by atoms with van der Waals surface area (Å²) in [5.74, 6) is 1.77. The fourth-order valence-corrected chi connectivity index (χ4v) is 5.76. The smallest absolute Gasteiger partial charge is 0.305 e. The summed E-state index contributed by atoms with van der Waals surface area (Å²) in [5.41, 5.74) is 0.176. The molecule has 20 heavy (non-hydrogen) atoms. The highest BCUT2D eigenvalue weighted by molar-refractivity contribution is 5.67. The lowest BCUT2D eigenvalue weighted by molar-refractivity contribution is -0.142. The second-order valence-corrected chi connectivity index (χ2v) is 7.30. The van der Waals surface area contributed by atoms with Crippen LogP contribution in [0.3, 0.4) is 0 Å². The van der Waals surface area contributed by atoms with Crippen molar-refractivity contribution < 1.29 is 9.90 Å². The van der Waals surface area contributed by atoms with Crippen LogP contribution in [0.4, 0.5) is 0 Å². The van der Waals surface area contributed by atoms with Gasteiger partial charge in [0.2, 0.25) is 0 Å². The van der Waals surface area contributed by atoms with Crippen LogP contribution in [0.15, 0.2) is 12.7 Å². The molecule has 0 spiro atoms. The third kappa shape index (κ3) is 1.86. The quantitative estimate of drug-likeness (QED) is 0.916. The summed E-state index contributed by atoms with van der Waals surface area (Å²) in [7, 11) is 0. The minimum absolute atomic E-state index is 0.0309. The second-order valence-electron chi connectivity index (χ2n) is 7.30. The Morgan fingerprint density at radius 1 is 1.15 bits per heavy atom. The van der Waals surface area contributed by atoms with E-state index in [0.717, 1.165) is 17.8 Å². The fourth-order valence-electron chi connectivity index (χ4n) is 5.76. The molecule has 0 aliphatic heterocycles. The number of carboxylic acids is 1. The molecule has 0 aromatic carbocycles. The van der Waals surface area contributed by atoms with Gasteiger partial charge in [-0.1, -0.05) is 0 Å². The van der Waals surface area contributed by atoms with Gasteiger partial charge in [-0.15, -0.1) is 10.2 Å². The normalized spacial score (nSPS) is 39.9. The highest BCUT2D eigenvalue weighted by Crippen LogP contribution is 2.64. The van der Waals surface area contributed by atoms with Gasteiger partial charge in [-0.3, -0.25) is 4.79 Å². The van der Waals surface area contributed by atoms with Gasteiger partial charge >= 0.3 is 5.97 Å². The highest BCUT2D eigenvalue weighted by Gasteiger charge is 2.54. The number of carboxylic acid groups (broad SMARTS) is 1. The number of aromatic nitrogens is 3. The summed E-state index contributed by atoms with van der Waals surface area (Å²) < 4.78 is 1.96. The Morgan fingerprint density at radius 2 is 1.65 bits per heavy atom. The number of aliphatic carboxylic acids is 1. The molecule has 1 unspecified atom stereocenters. The number of hydrogen-bond acceptors (Lipinski definition) is 3. The fraction of sp³-hybridized carbons (Fsp3) is 0.800. The topological polar surface area (TPSA) is 68.0 Å². The van der Waals surface area contributed by atoms with Gasteiger partial charge in [-0.2, -0.15) is 0 Å². The lowest BCUT2D eigenvalue weighted by Crippen LogP contribution is -2.50. The Balaban J connectivity index is 1.70. The van der Waals surface area contributed by atoms with Gasteiger partial charge in [0.15, 0.2) is 0 Å². The third-order valence-corrected chi connectivity index (χ3v) is 5.96. The molecule has 4 aliphatic rings. The first kappa shape index (κ1) is 12.4. The lowest BCUT2D eigenvalue weighted by Gasteiger charge is -2.59. The second kappa shape index (κ2) is 4.30. The SMILES string of the molecule is O=C(O)CC(n1cnnc1)C12CC3CC(CC(C3)C1)C2. The molecule has 5 rings (SSSR count). The molecule has 4 aliphatic carbocycles. The molecule has 1 N–H and O–H groups in total. The third-order valence-electron chi connectivity index (χ3n) is 5.96. The van der Waals surface area contributed by atoms with Gasteiger partial charge in [-0.25, -0.2) is 0 Å². The molecular weight excluding hydrogens is 254 g/mol. The zero-order valence-electron chi connectivity index (χ0n) is 11.6. The van der Waals surface area contributed by atoms with Crippen molar-refractivity contribution in [3.8, 4) is 0 Å². The van der Waals surface area contributed by atoms with Crippen LogP contribution in [-0.2, 0) is 4.79 Å². The summed E-state index contributed by atoms with van der Waals surface area (Å²) in [6.07, 6.45) is 11.3. The van der Waals surface area contributed by atoms with Crippen LogP contribution < -0.4 is 0 Å². The van der Waals surface area contributed by atoms with Crippen LogP contribution in [0, 0.1) is 23.2 Å².